The Bertz CT molecular complexity index is 365. The summed E-state index contributed by atoms with van der Waals surface area (Å²) in [5.41, 5.74) is 1.11. The van der Waals surface area contributed by atoms with Crippen LogP contribution in [0.3, 0.4) is 0 Å². The second kappa shape index (κ2) is 6.86. The fraction of sp³-hybridized carbons (Fsp3) is 0.600. The zero-order valence-corrected chi connectivity index (χ0v) is 11.0. The van der Waals surface area contributed by atoms with Crippen molar-refractivity contribution >= 4 is 0 Å². The number of nitrogens with one attached hydrogen (secondary N) is 1. The fourth-order valence-electron chi connectivity index (χ4n) is 2.40. The van der Waals surface area contributed by atoms with E-state index in [0.29, 0.717) is 5.92 Å². The summed E-state index contributed by atoms with van der Waals surface area (Å²) in [5, 5.41) is 3.42. The van der Waals surface area contributed by atoms with Crippen LogP contribution in [0.1, 0.15) is 18.4 Å². The van der Waals surface area contributed by atoms with Crippen molar-refractivity contribution in [2.45, 2.75) is 19.3 Å². The van der Waals surface area contributed by atoms with Crippen LogP contribution in [0, 0.1) is 17.7 Å². The minimum Gasteiger partial charge on any atom is -0.383 e. The van der Waals surface area contributed by atoms with Gasteiger partial charge in [0.15, 0.2) is 0 Å². The Morgan fingerprint density at radius 1 is 1.44 bits per heavy atom. The van der Waals surface area contributed by atoms with Crippen LogP contribution in [0.4, 0.5) is 4.39 Å². The molecule has 1 saturated carbocycles. The molecule has 2 nitrogen and oxygen atoms in total. The van der Waals surface area contributed by atoms with Gasteiger partial charge in [0.25, 0.3) is 0 Å². The lowest BCUT2D eigenvalue weighted by Crippen LogP contribution is -2.28. The fourth-order valence-corrected chi connectivity index (χ4v) is 2.40. The summed E-state index contributed by atoms with van der Waals surface area (Å²) in [6.45, 7) is 2.64. The lowest BCUT2D eigenvalue weighted by Gasteiger charge is -2.17. The summed E-state index contributed by atoms with van der Waals surface area (Å²) in [6.07, 6.45) is 3.63. The van der Waals surface area contributed by atoms with E-state index in [9.17, 15) is 4.39 Å². The molecule has 0 heterocycles. The maximum Gasteiger partial charge on any atom is 0.123 e. The Labute approximate surface area is 109 Å². The van der Waals surface area contributed by atoms with E-state index in [2.05, 4.69) is 5.32 Å². The molecule has 0 spiro atoms. The Morgan fingerprint density at radius 3 is 2.94 bits per heavy atom. The SMILES string of the molecule is COCCNCC(Cc1cccc(F)c1)C1CC1. The van der Waals surface area contributed by atoms with E-state index < -0.39 is 0 Å². The topological polar surface area (TPSA) is 21.3 Å². The lowest BCUT2D eigenvalue weighted by atomic mass is 9.94. The molecule has 18 heavy (non-hydrogen) atoms. The van der Waals surface area contributed by atoms with Crippen LogP contribution in [0.5, 0.6) is 0 Å². The standard InChI is InChI=1S/C15H22FNO/c1-18-8-7-17-11-14(13-5-6-13)9-12-3-2-4-15(16)10-12/h2-4,10,13-14,17H,5-9,11H2,1H3. The molecule has 1 aliphatic rings. The molecule has 0 aromatic heterocycles. The molecule has 1 aromatic carbocycles. The molecule has 100 valence electrons. The molecule has 0 amide bonds. The third-order valence-electron chi connectivity index (χ3n) is 3.57. The maximum absolute atomic E-state index is 13.2. The molecule has 0 aliphatic heterocycles. The summed E-state index contributed by atoms with van der Waals surface area (Å²) >= 11 is 0. The first-order valence-corrected chi connectivity index (χ1v) is 6.73. The van der Waals surface area contributed by atoms with Gasteiger partial charge in [0.2, 0.25) is 0 Å². The Kier molecular flexibility index (Phi) is 5.14. The largest absolute Gasteiger partial charge is 0.383 e. The predicted octanol–water partition coefficient (Wildman–Crippen LogP) is 2.63. The van der Waals surface area contributed by atoms with E-state index in [0.717, 1.165) is 37.6 Å². The van der Waals surface area contributed by atoms with E-state index in [1.54, 1.807) is 19.2 Å². The van der Waals surface area contributed by atoms with Gasteiger partial charge in [-0.2, -0.15) is 0 Å². The molecule has 1 N–H and O–H groups in total. The van der Waals surface area contributed by atoms with Gasteiger partial charge in [-0.25, -0.2) is 4.39 Å². The molecule has 1 fully saturated rings. The number of ether oxygens (including phenoxy) is 1. The van der Waals surface area contributed by atoms with Crippen molar-refractivity contribution in [1.82, 2.24) is 5.32 Å². The Balaban J connectivity index is 1.82. The highest BCUT2D eigenvalue weighted by Gasteiger charge is 2.30. The zero-order valence-electron chi connectivity index (χ0n) is 11.0. The lowest BCUT2D eigenvalue weighted by molar-refractivity contribution is 0.197. The van der Waals surface area contributed by atoms with Gasteiger partial charge in [-0.1, -0.05) is 12.1 Å². The maximum atomic E-state index is 13.2. The van der Waals surface area contributed by atoms with Crippen molar-refractivity contribution in [3.05, 3.63) is 35.6 Å². The summed E-state index contributed by atoms with van der Waals surface area (Å²) in [6, 6.07) is 6.98. The highest BCUT2D eigenvalue weighted by Crippen LogP contribution is 2.38. The first-order chi connectivity index (χ1) is 8.79. The minimum atomic E-state index is -0.130. The van der Waals surface area contributed by atoms with Crippen molar-refractivity contribution in [3.8, 4) is 0 Å². The van der Waals surface area contributed by atoms with Crippen LogP contribution in [0.2, 0.25) is 0 Å². The van der Waals surface area contributed by atoms with Gasteiger partial charge in [-0.3, -0.25) is 0 Å². The van der Waals surface area contributed by atoms with Crippen molar-refractivity contribution in [2.24, 2.45) is 11.8 Å². The van der Waals surface area contributed by atoms with E-state index in [1.807, 2.05) is 6.07 Å². The quantitative estimate of drug-likeness (QED) is 0.717. The van der Waals surface area contributed by atoms with Crippen LogP contribution >= 0.6 is 0 Å². The molecular weight excluding hydrogens is 229 g/mol. The average Bonchev–Trinajstić information content (AvgIpc) is 3.17. The van der Waals surface area contributed by atoms with Crippen molar-refractivity contribution in [1.29, 1.82) is 0 Å². The van der Waals surface area contributed by atoms with Gasteiger partial charge in [-0.15, -0.1) is 0 Å². The first kappa shape index (κ1) is 13.5. The molecule has 1 aliphatic carbocycles. The van der Waals surface area contributed by atoms with Crippen molar-refractivity contribution in [2.75, 3.05) is 26.8 Å². The third-order valence-corrected chi connectivity index (χ3v) is 3.57. The van der Waals surface area contributed by atoms with Crippen LogP contribution in [-0.2, 0) is 11.2 Å². The van der Waals surface area contributed by atoms with E-state index >= 15 is 0 Å². The van der Waals surface area contributed by atoms with Gasteiger partial charge < -0.3 is 10.1 Å². The molecule has 3 heteroatoms. The van der Waals surface area contributed by atoms with Gasteiger partial charge in [-0.05, 0) is 55.3 Å². The average molecular weight is 251 g/mol. The van der Waals surface area contributed by atoms with Gasteiger partial charge in [0.05, 0.1) is 6.61 Å². The van der Waals surface area contributed by atoms with Crippen LogP contribution in [0.15, 0.2) is 24.3 Å². The summed E-state index contributed by atoms with van der Waals surface area (Å²) in [4.78, 5) is 0. The Hall–Kier alpha value is -0.930. The number of hydrogen-bond donors (Lipinski definition) is 1. The molecular formula is C15H22FNO. The Morgan fingerprint density at radius 2 is 2.28 bits per heavy atom. The highest BCUT2D eigenvalue weighted by molar-refractivity contribution is 5.17. The van der Waals surface area contributed by atoms with E-state index in [1.165, 1.54) is 18.9 Å². The van der Waals surface area contributed by atoms with Crippen LogP contribution in [0.25, 0.3) is 0 Å². The number of halogens is 1. The highest BCUT2D eigenvalue weighted by atomic mass is 19.1. The molecule has 1 atom stereocenters. The van der Waals surface area contributed by atoms with E-state index in [4.69, 9.17) is 4.74 Å². The number of hydrogen-bond acceptors (Lipinski definition) is 2. The van der Waals surface area contributed by atoms with Gasteiger partial charge >= 0.3 is 0 Å². The number of benzene rings is 1. The normalized spacial score (nSPS) is 16.8. The summed E-state index contributed by atoms with van der Waals surface area (Å²) < 4.78 is 18.2. The molecule has 2 rings (SSSR count). The number of rotatable bonds is 8. The zero-order chi connectivity index (χ0) is 12.8. The summed E-state index contributed by atoms with van der Waals surface area (Å²) in [7, 11) is 1.72. The van der Waals surface area contributed by atoms with Gasteiger partial charge in [0.1, 0.15) is 5.82 Å². The van der Waals surface area contributed by atoms with Crippen molar-refractivity contribution < 1.29 is 9.13 Å². The molecule has 0 radical (unpaired) electrons. The van der Waals surface area contributed by atoms with Crippen LogP contribution in [-0.4, -0.2) is 26.8 Å². The second-order valence-corrected chi connectivity index (χ2v) is 5.13. The van der Waals surface area contributed by atoms with Crippen molar-refractivity contribution in [3.63, 3.8) is 0 Å². The third kappa shape index (κ3) is 4.39. The summed E-state index contributed by atoms with van der Waals surface area (Å²) in [5.74, 6) is 1.32. The molecule has 0 bridgehead atoms. The number of methoxy groups -OCH3 is 1. The van der Waals surface area contributed by atoms with Crippen LogP contribution < -0.4 is 5.32 Å². The minimum absolute atomic E-state index is 0.130. The van der Waals surface area contributed by atoms with Gasteiger partial charge in [0, 0.05) is 13.7 Å². The first-order valence-electron chi connectivity index (χ1n) is 6.73. The monoisotopic (exact) mass is 251 g/mol. The smallest absolute Gasteiger partial charge is 0.123 e. The molecule has 0 saturated heterocycles. The molecule has 1 unspecified atom stereocenters. The van der Waals surface area contributed by atoms with E-state index in [-0.39, 0.29) is 5.82 Å². The predicted molar refractivity (Wildman–Crippen MR) is 71.1 cm³/mol. The molecule has 1 aromatic rings. The second-order valence-electron chi connectivity index (χ2n) is 5.13.